The van der Waals surface area contributed by atoms with E-state index in [0.717, 1.165) is 11.1 Å². The molecule has 6 heteroatoms. The molecule has 3 rings (SSSR count). The molecular weight excluding hydrogens is 392 g/mol. The van der Waals surface area contributed by atoms with Crippen LogP contribution in [0.15, 0.2) is 91.0 Å². The number of carbonyl (C=O) groups is 3. The molecule has 0 spiro atoms. The molecule has 3 aromatic carbocycles. The Bertz CT molecular complexity index is 1050. The van der Waals surface area contributed by atoms with Gasteiger partial charge >= 0.3 is 5.97 Å². The van der Waals surface area contributed by atoms with Crippen LogP contribution < -0.4 is 10.6 Å². The number of ether oxygens (including phenoxy) is 1. The number of amides is 2. The average Bonchev–Trinajstić information content (AvgIpc) is 2.81. The second kappa shape index (κ2) is 11.1. The van der Waals surface area contributed by atoms with Crippen LogP contribution in [0.25, 0.3) is 6.08 Å². The maximum atomic E-state index is 12.2. The van der Waals surface area contributed by atoms with Crippen molar-refractivity contribution in [2.75, 3.05) is 11.9 Å². The Kier molecular flexibility index (Phi) is 7.71. The van der Waals surface area contributed by atoms with E-state index in [-0.39, 0.29) is 25.0 Å². The zero-order valence-electron chi connectivity index (χ0n) is 16.8. The first kappa shape index (κ1) is 21.5. The highest BCUT2D eigenvalue weighted by atomic mass is 16.5. The number of carbonyl (C=O) groups excluding carboxylic acids is 3. The predicted octanol–water partition coefficient (Wildman–Crippen LogP) is 3.81. The molecule has 0 aliphatic rings. The molecule has 0 aromatic heterocycles. The third kappa shape index (κ3) is 7.29. The van der Waals surface area contributed by atoms with Gasteiger partial charge in [0.2, 0.25) is 5.91 Å². The van der Waals surface area contributed by atoms with Crippen LogP contribution in [0.5, 0.6) is 0 Å². The summed E-state index contributed by atoms with van der Waals surface area (Å²) in [5.41, 5.74) is 2.84. The summed E-state index contributed by atoms with van der Waals surface area (Å²) in [5.74, 6) is -1.15. The summed E-state index contributed by atoms with van der Waals surface area (Å²) < 4.78 is 5.16. The minimum absolute atomic E-state index is 0.0507. The third-order valence-corrected chi connectivity index (χ3v) is 4.28. The van der Waals surface area contributed by atoms with Crippen molar-refractivity contribution in [3.8, 4) is 0 Å². The Morgan fingerprint density at radius 2 is 1.45 bits per heavy atom. The molecular formula is C25H22N2O4. The quantitative estimate of drug-likeness (QED) is 0.434. The van der Waals surface area contributed by atoms with Crippen molar-refractivity contribution in [2.24, 2.45) is 0 Å². The highest BCUT2D eigenvalue weighted by molar-refractivity contribution is 6.04. The van der Waals surface area contributed by atoms with Gasteiger partial charge in [-0.1, -0.05) is 60.7 Å². The molecule has 2 amide bonds. The molecule has 6 nitrogen and oxygen atoms in total. The molecule has 0 unspecified atom stereocenters. The van der Waals surface area contributed by atoms with Crippen molar-refractivity contribution >= 4 is 29.5 Å². The van der Waals surface area contributed by atoms with E-state index in [9.17, 15) is 14.4 Å². The summed E-state index contributed by atoms with van der Waals surface area (Å²) in [7, 11) is 0. The Morgan fingerprint density at radius 1 is 0.806 bits per heavy atom. The molecule has 0 fully saturated rings. The number of esters is 1. The minimum Gasteiger partial charge on any atom is -0.460 e. The van der Waals surface area contributed by atoms with Gasteiger partial charge in [0.25, 0.3) is 5.91 Å². The molecule has 2 N–H and O–H groups in total. The van der Waals surface area contributed by atoms with Crippen molar-refractivity contribution in [2.45, 2.75) is 6.61 Å². The largest absolute Gasteiger partial charge is 0.460 e. The third-order valence-electron chi connectivity index (χ3n) is 4.28. The van der Waals surface area contributed by atoms with E-state index >= 15 is 0 Å². The number of benzene rings is 3. The maximum Gasteiger partial charge on any atom is 0.325 e. The lowest BCUT2D eigenvalue weighted by Gasteiger charge is -2.07. The maximum absolute atomic E-state index is 12.2. The van der Waals surface area contributed by atoms with Gasteiger partial charge in [0.1, 0.15) is 13.2 Å². The van der Waals surface area contributed by atoms with Crippen LogP contribution in [-0.2, 0) is 20.9 Å². The van der Waals surface area contributed by atoms with Crippen molar-refractivity contribution in [3.05, 3.63) is 108 Å². The standard InChI is InChI=1S/C25H22N2O4/c28-23(16-13-19-7-3-1-4-8-19)26-17-24(29)31-18-20-11-14-21(15-12-20)25(30)27-22-9-5-2-6-10-22/h1-16H,17-18H2,(H,26,28)(H,27,30)/b16-13+. The van der Waals surface area contributed by atoms with Gasteiger partial charge in [-0.05, 0) is 41.5 Å². The number of hydrogen-bond acceptors (Lipinski definition) is 4. The van der Waals surface area contributed by atoms with Gasteiger partial charge in [-0.2, -0.15) is 0 Å². The van der Waals surface area contributed by atoms with Gasteiger partial charge in [0.05, 0.1) is 0 Å². The monoisotopic (exact) mass is 414 g/mol. The lowest BCUT2D eigenvalue weighted by atomic mass is 10.1. The molecule has 0 heterocycles. The lowest BCUT2D eigenvalue weighted by Crippen LogP contribution is -2.29. The van der Waals surface area contributed by atoms with E-state index in [4.69, 9.17) is 4.74 Å². The second-order valence-corrected chi connectivity index (χ2v) is 6.64. The van der Waals surface area contributed by atoms with Gasteiger partial charge < -0.3 is 15.4 Å². The highest BCUT2D eigenvalue weighted by Crippen LogP contribution is 2.10. The SMILES string of the molecule is O=C(/C=C/c1ccccc1)NCC(=O)OCc1ccc(C(=O)Nc2ccccc2)cc1. The summed E-state index contributed by atoms with van der Waals surface area (Å²) in [4.78, 5) is 35.9. The van der Waals surface area contributed by atoms with E-state index in [1.165, 1.54) is 6.08 Å². The summed E-state index contributed by atoms with van der Waals surface area (Å²) in [6, 6.07) is 25.3. The molecule has 0 aliphatic heterocycles. The Labute approximate surface area is 180 Å². The minimum atomic E-state index is -0.549. The first-order chi connectivity index (χ1) is 15.1. The van der Waals surface area contributed by atoms with E-state index in [2.05, 4.69) is 10.6 Å². The Morgan fingerprint density at radius 3 is 2.13 bits per heavy atom. The molecule has 0 radical (unpaired) electrons. The number of anilines is 1. The number of para-hydroxylation sites is 1. The number of nitrogens with one attached hydrogen (secondary N) is 2. The van der Waals surface area contributed by atoms with Gasteiger partial charge in [-0.15, -0.1) is 0 Å². The second-order valence-electron chi connectivity index (χ2n) is 6.64. The van der Waals surface area contributed by atoms with Crippen LogP contribution >= 0.6 is 0 Å². The highest BCUT2D eigenvalue weighted by Gasteiger charge is 2.08. The lowest BCUT2D eigenvalue weighted by molar-refractivity contribution is -0.144. The number of rotatable bonds is 8. The average molecular weight is 414 g/mol. The van der Waals surface area contributed by atoms with Crippen molar-refractivity contribution in [1.29, 1.82) is 0 Å². The van der Waals surface area contributed by atoms with Crippen LogP contribution in [0.1, 0.15) is 21.5 Å². The zero-order valence-corrected chi connectivity index (χ0v) is 16.8. The van der Waals surface area contributed by atoms with Crippen molar-refractivity contribution in [3.63, 3.8) is 0 Å². The normalized spacial score (nSPS) is 10.5. The van der Waals surface area contributed by atoms with E-state index < -0.39 is 5.97 Å². The van der Waals surface area contributed by atoms with Gasteiger partial charge in [0, 0.05) is 17.3 Å². The molecule has 0 atom stereocenters. The molecule has 3 aromatic rings. The summed E-state index contributed by atoms with van der Waals surface area (Å²) in [5, 5.41) is 5.29. The molecule has 31 heavy (non-hydrogen) atoms. The fourth-order valence-electron chi connectivity index (χ4n) is 2.65. The summed E-state index contributed by atoms with van der Waals surface area (Å²) in [6.45, 7) is -0.176. The molecule has 0 saturated heterocycles. The fourth-order valence-corrected chi connectivity index (χ4v) is 2.65. The van der Waals surface area contributed by atoms with Gasteiger partial charge in [-0.3, -0.25) is 14.4 Å². The van der Waals surface area contributed by atoms with Crippen LogP contribution in [0.3, 0.4) is 0 Å². The molecule has 0 aliphatic carbocycles. The van der Waals surface area contributed by atoms with Crippen molar-refractivity contribution in [1.82, 2.24) is 5.32 Å². The Hall–Kier alpha value is -4.19. The first-order valence-corrected chi connectivity index (χ1v) is 9.72. The Balaban J connectivity index is 1.40. The number of hydrogen-bond donors (Lipinski definition) is 2. The smallest absolute Gasteiger partial charge is 0.325 e. The van der Waals surface area contributed by atoms with Crippen LogP contribution in [0, 0.1) is 0 Å². The van der Waals surface area contributed by atoms with E-state index in [1.54, 1.807) is 30.3 Å². The topological polar surface area (TPSA) is 84.5 Å². The fraction of sp³-hybridized carbons (Fsp3) is 0.0800. The molecule has 0 saturated carbocycles. The summed E-state index contributed by atoms with van der Waals surface area (Å²) >= 11 is 0. The molecule has 156 valence electrons. The van der Waals surface area contributed by atoms with Gasteiger partial charge in [0.15, 0.2) is 0 Å². The van der Waals surface area contributed by atoms with Crippen LogP contribution in [-0.4, -0.2) is 24.3 Å². The predicted molar refractivity (Wildman–Crippen MR) is 119 cm³/mol. The first-order valence-electron chi connectivity index (χ1n) is 9.72. The van der Waals surface area contributed by atoms with Crippen LogP contribution in [0.2, 0.25) is 0 Å². The van der Waals surface area contributed by atoms with Crippen molar-refractivity contribution < 1.29 is 19.1 Å². The molecule has 0 bridgehead atoms. The van der Waals surface area contributed by atoms with E-state index in [1.807, 2.05) is 60.7 Å². The van der Waals surface area contributed by atoms with Gasteiger partial charge in [-0.25, -0.2) is 0 Å². The van der Waals surface area contributed by atoms with E-state index in [0.29, 0.717) is 11.3 Å². The van der Waals surface area contributed by atoms with Crippen LogP contribution in [0.4, 0.5) is 5.69 Å². The summed E-state index contributed by atoms with van der Waals surface area (Å²) in [6.07, 6.45) is 3.03. The zero-order chi connectivity index (χ0) is 21.9.